The molecular weight excluding hydrogens is 1070 g/mol. The molecule has 8 atom stereocenters. The topological polar surface area (TPSA) is 175 Å². The lowest BCUT2D eigenvalue weighted by Gasteiger charge is -2.41. The Labute approximate surface area is 527 Å². The molecule has 498 valence electrons. The largest absolute Gasteiger partial charge is 0.454 e. The maximum atomic E-state index is 13.5. The summed E-state index contributed by atoms with van der Waals surface area (Å²) < 4.78 is 17.7. The van der Waals surface area contributed by atoms with E-state index in [-0.39, 0.29) is 13.0 Å². The van der Waals surface area contributed by atoms with Gasteiger partial charge in [-0.2, -0.15) is 0 Å². The van der Waals surface area contributed by atoms with Gasteiger partial charge in [-0.15, -0.1) is 0 Å². The van der Waals surface area contributed by atoms with E-state index in [1.807, 2.05) is 6.08 Å². The highest BCUT2D eigenvalue weighted by Gasteiger charge is 2.47. The average Bonchev–Trinajstić information content (AvgIpc) is 2.65. The van der Waals surface area contributed by atoms with Crippen LogP contribution in [0.1, 0.15) is 316 Å². The van der Waals surface area contributed by atoms with Crippen LogP contribution in [0.3, 0.4) is 0 Å². The fraction of sp³-hybridized carbons (Fsp3) is 0.787. The summed E-state index contributed by atoms with van der Waals surface area (Å²) in [6, 6.07) is -1.03. The molecule has 1 heterocycles. The predicted octanol–water partition coefficient (Wildman–Crippen LogP) is 18.5. The van der Waals surface area contributed by atoms with Crippen LogP contribution >= 0.6 is 0 Å². The molecule has 0 aromatic rings. The summed E-state index contributed by atoms with van der Waals surface area (Å²) in [5, 5.41) is 57.2. The highest BCUT2D eigenvalue weighted by atomic mass is 16.7. The van der Waals surface area contributed by atoms with Crippen LogP contribution < -0.4 is 5.32 Å². The number of rotatable bonds is 61. The van der Waals surface area contributed by atoms with Crippen LogP contribution in [0.2, 0.25) is 0 Å². The molecule has 0 aromatic heterocycles. The highest BCUT2D eigenvalue weighted by Crippen LogP contribution is 2.26. The molecule has 6 N–H and O–H groups in total. The molecule has 1 rings (SSSR count). The van der Waals surface area contributed by atoms with E-state index in [1.165, 1.54) is 161 Å². The zero-order valence-corrected chi connectivity index (χ0v) is 55.4. The van der Waals surface area contributed by atoms with Crippen LogP contribution in [0.15, 0.2) is 85.1 Å². The maximum absolute atomic E-state index is 13.5. The minimum Gasteiger partial charge on any atom is -0.454 e. The van der Waals surface area contributed by atoms with Crippen molar-refractivity contribution in [2.45, 2.75) is 365 Å². The zero-order valence-electron chi connectivity index (χ0n) is 55.4. The molecule has 1 amide bonds. The van der Waals surface area contributed by atoms with Crippen molar-refractivity contribution < 1.29 is 49.3 Å². The van der Waals surface area contributed by atoms with Gasteiger partial charge < -0.3 is 45.1 Å². The van der Waals surface area contributed by atoms with Gasteiger partial charge >= 0.3 is 5.97 Å². The number of carbonyl (C=O) groups excluding carboxylic acids is 2. The molecule has 1 fully saturated rings. The number of allylic oxidation sites excluding steroid dienone is 13. The Hall–Kier alpha value is -3.16. The molecule has 0 radical (unpaired) electrons. The summed E-state index contributed by atoms with van der Waals surface area (Å²) in [5.74, 6) is -1.20. The monoisotopic (exact) mass is 1210 g/mol. The summed E-state index contributed by atoms with van der Waals surface area (Å²) in [6.45, 7) is 5.71. The van der Waals surface area contributed by atoms with Crippen LogP contribution in [0.25, 0.3) is 0 Å². The van der Waals surface area contributed by atoms with E-state index in [2.05, 4.69) is 99.0 Å². The quantitative estimate of drug-likeness (QED) is 0.0195. The minimum absolute atomic E-state index is 0.111. The number of amides is 1. The summed E-state index contributed by atoms with van der Waals surface area (Å²) >= 11 is 0. The Morgan fingerprint density at radius 2 is 0.837 bits per heavy atom. The number of esters is 1. The van der Waals surface area contributed by atoms with E-state index in [0.29, 0.717) is 19.3 Å². The summed E-state index contributed by atoms with van der Waals surface area (Å²) in [5.41, 5.74) is 0. The molecule has 0 aliphatic carbocycles. The van der Waals surface area contributed by atoms with Crippen molar-refractivity contribution in [3.63, 3.8) is 0 Å². The first kappa shape index (κ1) is 80.9. The molecular formula is C75H133NO10. The Kier molecular flexibility index (Phi) is 58.3. The van der Waals surface area contributed by atoms with Crippen LogP contribution in [-0.4, -0.2) is 99.6 Å². The van der Waals surface area contributed by atoms with Gasteiger partial charge in [0.1, 0.15) is 24.4 Å². The zero-order chi connectivity index (χ0) is 62.4. The van der Waals surface area contributed by atoms with E-state index in [1.54, 1.807) is 6.08 Å². The third-order valence-electron chi connectivity index (χ3n) is 16.6. The van der Waals surface area contributed by atoms with Gasteiger partial charge in [0.05, 0.1) is 25.4 Å². The average molecular weight is 1210 g/mol. The van der Waals surface area contributed by atoms with Crippen molar-refractivity contribution in [3.8, 4) is 0 Å². The van der Waals surface area contributed by atoms with Gasteiger partial charge in [-0.05, 0) is 77.0 Å². The smallest absolute Gasteiger partial charge is 0.306 e. The summed E-state index contributed by atoms with van der Waals surface area (Å²) in [7, 11) is 0. The molecule has 8 unspecified atom stereocenters. The van der Waals surface area contributed by atoms with Gasteiger partial charge in [0.25, 0.3) is 0 Å². The number of ether oxygens (including phenoxy) is 3. The SMILES string of the molecule is CC/C=C\C/C=C\C/C=C\C/C=C\C/C=C\C/C=C\CCCCCCCCCCC(=O)OC1C(OCC(NC(=O)C(O)CCCCCCCCCCCCCCCCCCCC)C(O)/C=C/CCCCCCCCCCCC)OC(CO)C(O)C1O. The second-order valence-corrected chi connectivity index (χ2v) is 24.6. The fourth-order valence-corrected chi connectivity index (χ4v) is 11.0. The van der Waals surface area contributed by atoms with Crippen molar-refractivity contribution in [1.82, 2.24) is 5.32 Å². The first-order valence-electron chi connectivity index (χ1n) is 35.9. The maximum Gasteiger partial charge on any atom is 0.306 e. The second kappa shape index (κ2) is 62.1. The van der Waals surface area contributed by atoms with Crippen molar-refractivity contribution in [2.24, 2.45) is 0 Å². The molecule has 1 saturated heterocycles. The lowest BCUT2D eigenvalue weighted by atomic mass is 9.99. The Balaban J connectivity index is 2.56. The molecule has 1 aliphatic heterocycles. The van der Waals surface area contributed by atoms with E-state index >= 15 is 0 Å². The van der Waals surface area contributed by atoms with Crippen LogP contribution in [-0.2, 0) is 23.8 Å². The van der Waals surface area contributed by atoms with Crippen molar-refractivity contribution in [2.75, 3.05) is 13.2 Å². The number of hydrogen-bond donors (Lipinski definition) is 6. The Morgan fingerprint density at radius 1 is 0.465 bits per heavy atom. The van der Waals surface area contributed by atoms with Gasteiger partial charge in [-0.25, -0.2) is 0 Å². The summed E-state index contributed by atoms with van der Waals surface area (Å²) in [6.07, 6.45) is 71.9. The number of hydrogen-bond acceptors (Lipinski definition) is 10. The fourth-order valence-electron chi connectivity index (χ4n) is 11.0. The predicted molar refractivity (Wildman–Crippen MR) is 361 cm³/mol. The minimum atomic E-state index is -1.62. The molecule has 0 aromatic carbocycles. The van der Waals surface area contributed by atoms with Gasteiger partial charge in [-0.1, -0.05) is 318 Å². The lowest BCUT2D eigenvalue weighted by Crippen LogP contribution is -2.61. The molecule has 0 spiro atoms. The highest BCUT2D eigenvalue weighted by molar-refractivity contribution is 5.80. The van der Waals surface area contributed by atoms with Crippen molar-refractivity contribution in [3.05, 3.63) is 85.1 Å². The van der Waals surface area contributed by atoms with E-state index in [0.717, 1.165) is 109 Å². The molecule has 1 aliphatic rings. The van der Waals surface area contributed by atoms with Gasteiger partial charge in [0.2, 0.25) is 5.91 Å². The molecule has 11 heteroatoms. The van der Waals surface area contributed by atoms with Crippen molar-refractivity contribution >= 4 is 11.9 Å². The number of aliphatic hydroxyl groups is 5. The Morgan fingerprint density at radius 3 is 1.26 bits per heavy atom. The number of carbonyl (C=O) groups is 2. The van der Waals surface area contributed by atoms with Crippen LogP contribution in [0.5, 0.6) is 0 Å². The van der Waals surface area contributed by atoms with Crippen LogP contribution in [0, 0.1) is 0 Å². The first-order chi connectivity index (χ1) is 42.2. The van der Waals surface area contributed by atoms with Crippen molar-refractivity contribution in [1.29, 1.82) is 0 Å². The van der Waals surface area contributed by atoms with Gasteiger partial charge in [-0.3, -0.25) is 9.59 Å². The number of unbranched alkanes of at least 4 members (excludes halogenated alkanes) is 35. The molecule has 0 bridgehead atoms. The van der Waals surface area contributed by atoms with E-state index in [4.69, 9.17) is 14.2 Å². The summed E-state index contributed by atoms with van der Waals surface area (Å²) in [4.78, 5) is 26.7. The number of nitrogens with one attached hydrogen (secondary N) is 1. The molecule has 86 heavy (non-hydrogen) atoms. The first-order valence-corrected chi connectivity index (χ1v) is 35.9. The van der Waals surface area contributed by atoms with Crippen LogP contribution in [0.4, 0.5) is 0 Å². The van der Waals surface area contributed by atoms with E-state index < -0.39 is 67.4 Å². The number of aliphatic hydroxyl groups excluding tert-OH is 5. The van der Waals surface area contributed by atoms with E-state index in [9.17, 15) is 35.1 Å². The third kappa shape index (κ3) is 48.7. The molecule has 11 nitrogen and oxygen atoms in total. The van der Waals surface area contributed by atoms with Gasteiger partial charge in [0, 0.05) is 6.42 Å². The standard InChI is InChI=1S/C75H133NO10/c1-4-7-10-13-16-19-22-25-27-29-31-32-33-34-35-36-37-38-39-41-43-45-48-51-54-57-60-63-70(80)86-73-72(82)71(81)69(64-77)85-75(73)84-65-66(67(78)61-58-55-52-49-46-24-21-18-15-12-9-6-3)76-74(83)68(79)62-59-56-53-50-47-44-42-40-30-28-26-23-20-17-14-11-8-5-2/h7,10,16,19,25,27,31-32,34-35,37-38,58,61,66-69,71-73,75,77-79,81-82H,4-6,8-9,11-15,17-18,20-24,26,28-30,33,36,39-57,59-60,62-65H2,1-3H3,(H,76,83)/b10-7-,19-16-,27-25-,32-31-,35-34-,38-37-,61-58+. The third-order valence-corrected chi connectivity index (χ3v) is 16.6. The lowest BCUT2D eigenvalue weighted by molar-refractivity contribution is -0.305. The normalized spacial score (nSPS) is 18.8. The molecule has 0 saturated carbocycles. The van der Waals surface area contributed by atoms with Gasteiger partial charge in [0.15, 0.2) is 12.4 Å². The Bertz CT molecular complexity index is 1720. The second-order valence-electron chi connectivity index (χ2n) is 24.6.